The van der Waals surface area contributed by atoms with Gasteiger partial charge in [-0.3, -0.25) is 9.59 Å². The van der Waals surface area contributed by atoms with E-state index in [2.05, 4.69) is 23.7 Å². The van der Waals surface area contributed by atoms with Gasteiger partial charge in [0.05, 0.1) is 0 Å². The van der Waals surface area contributed by atoms with Crippen LogP contribution in [0.3, 0.4) is 0 Å². The number of nitrogens with zero attached hydrogens (tertiary/aromatic N) is 1. The predicted octanol–water partition coefficient (Wildman–Crippen LogP) is 2.04. The topological polar surface area (TPSA) is 77.1 Å². The highest BCUT2D eigenvalue weighted by Gasteiger charge is 2.24. The molecule has 0 unspecified atom stereocenters. The first-order valence-corrected chi connectivity index (χ1v) is 8.65. The number of hydrogen-bond donors (Lipinski definition) is 2. The Morgan fingerprint density at radius 1 is 1.33 bits per heavy atom. The quantitative estimate of drug-likeness (QED) is 0.882. The first-order chi connectivity index (χ1) is 11.5. The number of benzene rings is 1. The third-order valence-corrected chi connectivity index (χ3v) is 4.54. The molecule has 0 aliphatic heterocycles. The molecule has 2 aromatic rings. The predicted molar refractivity (Wildman–Crippen MR) is 95.2 cm³/mol. The van der Waals surface area contributed by atoms with Crippen molar-refractivity contribution in [2.24, 2.45) is 11.7 Å². The fraction of sp³-hybridized carbons (Fsp3) is 0.474. The highest BCUT2D eigenvalue weighted by Crippen LogP contribution is 2.32. The van der Waals surface area contributed by atoms with Gasteiger partial charge in [0.1, 0.15) is 5.78 Å². The molecule has 1 heterocycles. The van der Waals surface area contributed by atoms with Crippen LogP contribution < -0.4 is 11.1 Å². The zero-order valence-corrected chi connectivity index (χ0v) is 14.4. The molecule has 3 N–H and O–H groups in total. The van der Waals surface area contributed by atoms with Crippen LogP contribution in [0.2, 0.25) is 0 Å². The highest BCUT2D eigenvalue weighted by molar-refractivity contribution is 6.00. The minimum Gasteiger partial charge on any atom is -0.351 e. The molecule has 0 bridgehead atoms. The van der Waals surface area contributed by atoms with Crippen LogP contribution in [0, 0.1) is 5.92 Å². The van der Waals surface area contributed by atoms with Crippen LogP contribution in [-0.4, -0.2) is 29.3 Å². The molecule has 0 spiro atoms. The molecule has 5 heteroatoms. The van der Waals surface area contributed by atoms with Gasteiger partial charge in [0.15, 0.2) is 0 Å². The number of carbonyl (C=O) groups excluding carboxylic acids is 2. The van der Waals surface area contributed by atoms with E-state index in [-0.39, 0.29) is 11.7 Å². The first-order valence-electron chi connectivity index (χ1n) is 8.65. The number of rotatable bonds is 5. The second-order valence-corrected chi connectivity index (χ2v) is 6.92. The van der Waals surface area contributed by atoms with Crippen LogP contribution in [0.5, 0.6) is 0 Å². The molecule has 0 saturated heterocycles. The summed E-state index contributed by atoms with van der Waals surface area (Å²) in [6.07, 6.45) is 1.89. The van der Waals surface area contributed by atoms with Crippen LogP contribution in [0.25, 0.3) is 10.9 Å². The van der Waals surface area contributed by atoms with Gasteiger partial charge in [-0.05, 0) is 36.1 Å². The molecule has 0 atom stereocenters. The summed E-state index contributed by atoms with van der Waals surface area (Å²) in [6, 6.07) is 5.80. The Bertz CT molecular complexity index is 789. The Balaban J connectivity index is 2.09. The fourth-order valence-corrected chi connectivity index (χ4v) is 3.51. The smallest absolute Gasteiger partial charge is 0.251 e. The average molecular weight is 327 g/mol. The lowest BCUT2D eigenvalue weighted by atomic mass is 9.94. The van der Waals surface area contributed by atoms with Gasteiger partial charge in [-0.25, -0.2) is 0 Å². The van der Waals surface area contributed by atoms with Crippen LogP contribution >= 0.6 is 0 Å². The van der Waals surface area contributed by atoms with Gasteiger partial charge in [0, 0.05) is 54.6 Å². The number of nitrogens with two attached hydrogens (primary N) is 1. The number of nitrogens with one attached hydrogen (secondary N) is 1. The Morgan fingerprint density at radius 3 is 2.83 bits per heavy atom. The summed E-state index contributed by atoms with van der Waals surface area (Å²) < 4.78 is 2.34. The Hall–Kier alpha value is -2.14. The molecule has 1 aliphatic carbocycles. The Morgan fingerprint density at radius 2 is 2.12 bits per heavy atom. The lowest BCUT2D eigenvalue weighted by Gasteiger charge is -2.17. The summed E-state index contributed by atoms with van der Waals surface area (Å²) in [5, 5.41) is 3.84. The number of aromatic nitrogens is 1. The number of fused-ring (bicyclic) bond motifs is 3. The van der Waals surface area contributed by atoms with E-state index in [1.165, 1.54) is 5.69 Å². The average Bonchev–Trinajstić information content (AvgIpc) is 2.85. The van der Waals surface area contributed by atoms with E-state index in [0.717, 1.165) is 29.4 Å². The van der Waals surface area contributed by atoms with Gasteiger partial charge in [-0.2, -0.15) is 0 Å². The minimum atomic E-state index is -0.116. The molecule has 0 radical (unpaired) electrons. The van der Waals surface area contributed by atoms with Gasteiger partial charge in [0.25, 0.3) is 5.91 Å². The summed E-state index contributed by atoms with van der Waals surface area (Å²) in [7, 11) is 0. The van der Waals surface area contributed by atoms with E-state index in [4.69, 9.17) is 5.73 Å². The molecule has 1 aromatic heterocycles. The van der Waals surface area contributed by atoms with Crippen molar-refractivity contribution in [3.05, 3.63) is 35.0 Å². The number of ketones is 1. The summed E-state index contributed by atoms with van der Waals surface area (Å²) in [6.45, 7) is 6.20. The lowest BCUT2D eigenvalue weighted by Crippen LogP contribution is -2.28. The van der Waals surface area contributed by atoms with E-state index in [1.54, 1.807) is 0 Å². The Labute approximate surface area is 142 Å². The standard InChI is InChI=1S/C19H25N3O2/c1-12(2)11-22-17-5-3-13(19(24)21-8-7-20)9-15(17)16-10-14(23)4-6-18(16)22/h3,5,9,12H,4,6-8,10-11,20H2,1-2H3,(H,21,24). The van der Waals surface area contributed by atoms with Crippen molar-refractivity contribution in [3.63, 3.8) is 0 Å². The van der Waals surface area contributed by atoms with Crippen LogP contribution in [-0.2, 0) is 24.2 Å². The molecule has 3 rings (SSSR count). The van der Waals surface area contributed by atoms with Crippen molar-refractivity contribution in [1.82, 2.24) is 9.88 Å². The maximum absolute atomic E-state index is 12.2. The number of hydrogen-bond acceptors (Lipinski definition) is 3. The summed E-state index contributed by atoms with van der Waals surface area (Å²) in [4.78, 5) is 24.2. The molecule has 24 heavy (non-hydrogen) atoms. The van der Waals surface area contributed by atoms with E-state index in [0.29, 0.717) is 37.4 Å². The number of carbonyl (C=O) groups is 2. The molecule has 0 fully saturated rings. The molecule has 1 amide bonds. The summed E-state index contributed by atoms with van der Waals surface area (Å²) in [5.41, 5.74) is 9.56. The van der Waals surface area contributed by atoms with E-state index < -0.39 is 0 Å². The van der Waals surface area contributed by atoms with Crippen molar-refractivity contribution in [3.8, 4) is 0 Å². The molecular weight excluding hydrogens is 302 g/mol. The number of Topliss-reactive ketones (excluding diaryl/α,β-unsaturated/α-hetero) is 1. The summed E-state index contributed by atoms with van der Waals surface area (Å²) in [5.74, 6) is 0.689. The Kier molecular flexibility index (Phi) is 4.71. The van der Waals surface area contributed by atoms with E-state index >= 15 is 0 Å². The van der Waals surface area contributed by atoms with Crippen molar-refractivity contribution < 1.29 is 9.59 Å². The second-order valence-electron chi connectivity index (χ2n) is 6.92. The third kappa shape index (κ3) is 3.08. The van der Waals surface area contributed by atoms with Gasteiger partial charge in [0.2, 0.25) is 0 Å². The first kappa shape index (κ1) is 16.7. The lowest BCUT2D eigenvalue weighted by molar-refractivity contribution is -0.118. The van der Waals surface area contributed by atoms with E-state index in [1.807, 2.05) is 18.2 Å². The number of amides is 1. The van der Waals surface area contributed by atoms with Gasteiger partial charge >= 0.3 is 0 Å². The van der Waals surface area contributed by atoms with Crippen molar-refractivity contribution in [2.75, 3.05) is 13.1 Å². The maximum atomic E-state index is 12.2. The maximum Gasteiger partial charge on any atom is 0.251 e. The van der Waals surface area contributed by atoms with Crippen molar-refractivity contribution in [2.45, 2.75) is 39.7 Å². The SMILES string of the molecule is CC(C)Cn1c2c(c3cc(C(=O)NCCN)ccc31)CC(=O)CC2. The highest BCUT2D eigenvalue weighted by atomic mass is 16.1. The van der Waals surface area contributed by atoms with E-state index in [9.17, 15) is 9.59 Å². The normalized spacial score (nSPS) is 14.2. The minimum absolute atomic E-state index is 0.116. The molecule has 1 aromatic carbocycles. The second kappa shape index (κ2) is 6.77. The van der Waals surface area contributed by atoms with Crippen molar-refractivity contribution in [1.29, 1.82) is 0 Å². The molecule has 5 nitrogen and oxygen atoms in total. The van der Waals surface area contributed by atoms with Crippen LogP contribution in [0.4, 0.5) is 0 Å². The van der Waals surface area contributed by atoms with Gasteiger partial charge in [-0.15, -0.1) is 0 Å². The fourth-order valence-electron chi connectivity index (χ4n) is 3.51. The molecular formula is C19H25N3O2. The van der Waals surface area contributed by atoms with Crippen molar-refractivity contribution >= 4 is 22.6 Å². The third-order valence-electron chi connectivity index (χ3n) is 4.54. The zero-order valence-electron chi connectivity index (χ0n) is 14.4. The zero-order chi connectivity index (χ0) is 17.3. The van der Waals surface area contributed by atoms with Crippen LogP contribution in [0.1, 0.15) is 41.9 Å². The molecule has 0 saturated carbocycles. The summed E-state index contributed by atoms with van der Waals surface area (Å²) >= 11 is 0. The molecule has 128 valence electrons. The monoisotopic (exact) mass is 327 g/mol. The van der Waals surface area contributed by atoms with Crippen LogP contribution in [0.15, 0.2) is 18.2 Å². The molecule has 1 aliphatic rings. The van der Waals surface area contributed by atoms with Gasteiger partial charge < -0.3 is 15.6 Å². The largest absolute Gasteiger partial charge is 0.351 e. The van der Waals surface area contributed by atoms with Gasteiger partial charge in [-0.1, -0.05) is 13.8 Å².